The van der Waals surface area contributed by atoms with Crippen LogP contribution >= 0.6 is 23.2 Å². The van der Waals surface area contributed by atoms with Gasteiger partial charge < -0.3 is 15.2 Å². The molecule has 0 unspecified atom stereocenters. The fraction of sp³-hybridized carbons (Fsp3) is 0.312. The van der Waals surface area contributed by atoms with Gasteiger partial charge in [0.15, 0.2) is 0 Å². The van der Waals surface area contributed by atoms with Crippen LogP contribution in [0.5, 0.6) is 5.75 Å². The molecule has 2 rings (SSSR count). The zero-order chi connectivity index (χ0) is 17.7. The summed E-state index contributed by atoms with van der Waals surface area (Å²) >= 11 is 11.9. The fourth-order valence-corrected chi connectivity index (χ4v) is 2.32. The van der Waals surface area contributed by atoms with Crippen LogP contribution in [0.1, 0.15) is 22.0 Å². The molecule has 6 nitrogen and oxygen atoms in total. The van der Waals surface area contributed by atoms with Crippen molar-refractivity contribution in [3.63, 3.8) is 0 Å². The Labute approximate surface area is 149 Å². The second-order valence-electron chi connectivity index (χ2n) is 5.17. The van der Waals surface area contributed by atoms with E-state index in [0.29, 0.717) is 22.3 Å². The van der Waals surface area contributed by atoms with Crippen molar-refractivity contribution in [2.24, 2.45) is 0 Å². The van der Waals surface area contributed by atoms with Crippen LogP contribution in [0, 0.1) is 13.8 Å². The van der Waals surface area contributed by atoms with E-state index in [1.807, 2.05) is 0 Å². The number of aliphatic hydroxyl groups excluding tert-OH is 1. The molecule has 2 N–H and O–H groups in total. The lowest BCUT2D eigenvalue weighted by Gasteiger charge is -2.14. The number of halogens is 2. The number of ether oxygens (including phenoxy) is 1. The zero-order valence-electron chi connectivity index (χ0n) is 13.2. The lowest BCUT2D eigenvalue weighted by molar-refractivity contribution is 0.0839. The Morgan fingerprint density at radius 3 is 2.79 bits per heavy atom. The molecular formula is C16H17Cl2N3O3. The molecule has 1 aromatic carbocycles. The Kier molecular flexibility index (Phi) is 6.36. The second-order valence-corrected chi connectivity index (χ2v) is 5.95. The minimum atomic E-state index is -0.909. The minimum Gasteiger partial charge on any atom is -0.489 e. The summed E-state index contributed by atoms with van der Waals surface area (Å²) in [7, 11) is 0. The highest BCUT2D eigenvalue weighted by molar-refractivity contribution is 6.42. The summed E-state index contributed by atoms with van der Waals surface area (Å²) in [5.74, 6) is 0.500. The van der Waals surface area contributed by atoms with Gasteiger partial charge in [-0.05, 0) is 32.0 Å². The van der Waals surface area contributed by atoms with Crippen molar-refractivity contribution in [1.82, 2.24) is 15.3 Å². The summed E-state index contributed by atoms with van der Waals surface area (Å²) in [5.41, 5.74) is 0.957. The maximum atomic E-state index is 12.0. The van der Waals surface area contributed by atoms with Crippen LogP contribution in [0.2, 0.25) is 10.0 Å². The summed E-state index contributed by atoms with van der Waals surface area (Å²) in [6, 6.07) is 6.56. The first-order chi connectivity index (χ1) is 11.4. The van der Waals surface area contributed by atoms with Crippen LogP contribution < -0.4 is 10.1 Å². The average molecular weight is 370 g/mol. The van der Waals surface area contributed by atoms with Gasteiger partial charge in [-0.15, -0.1) is 0 Å². The molecule has 2 aromatic rings. The molecule has 0 saturated heterocycles. The zero-order valence-corrected chi connectivity index (χ0v) is 14.7. The predicted molar refractivity (Wildman–Crippen MR) is 91.8 cm³/mol. The van der Waals surface area contributed by atoms with Crippen LogP contribution in [0.4, 0.5) is 0 Å². The number of amides is 1. The number of benzene rings is 1. The van der Waals surface area contributed by atoms with Crippen molar-refractivity contribution >= 4 is 29.1 Å². The molecule has 0 saturated carbocycles. The predicted octanol–water partition coefficient (Wildman–Crippen LogP) is 2.57. The fourth-order valence-electron chi connectivity index (χ4n) is 1.97. The molecule has 0 fully saturated rings. The maximum Gasteiger partial charge on any atom is 0.270 e. The van der Waals surface area contributed by atoms with Crippen molar-refractivity contribution in [3.05, 3.63) is 51.5 Å². The smallest absolute Gasteiger partial charge is 0.270 e. The van der Waals surface area contributed by atoms with E-state index in [1.54, 1.807) is 38.1 Å². The van der Waals surface area contributed by atoms with E-state index < -0.39 is 6.10 Å². The molecule has 0 aliphatic heterocycles. The summed E-state index contributed by atoms with van der Waals surface area (Å²) in [6.07, 6.45) is -0.909. The van der Waals surface area contributed by atoms with Crippen LogP contribution in [-0.4, -0.2) is 40.2 Å². The summed E-state index contributed by atoms with van der Waals surface area (Å²) < 4.78 is 5.41. The highest BCUT2D eigenvalue weighted by Gasteiger charge is 2.13. The van der Waals surface area contributed by atoms with E-state index in [0.717, 1.165) is 0 Å². The van der Waals surface area contributed by atoms with Gasteiger partial charge in [0.1, 0.15) is 35.0 Å². The van der Waals surface area contributed by atoms with Crippen molar-refractivity contribution in [2.45, 2.75) is 20.0 Å². The molecular weight excluding hydrogens is 353 g/mol. The number of nitrogens with zero attached hydrogens (tertiary/aromatic N) is 2. The van der Waals surface area contributed by atoms with Gasteiger partial charge in [-0.25, -0.2) is 9.97 Å². The number of aliphatic hydroxyl groups is 1. The Balaban J connectivity index is 1.85. The van der Waals surface area contributed by atoms with Crippen LogP contribution in [-0.2, 0) is 0 Å². The number of hydrogen-bond donors (Lipinski definition) is 2. The van der Waals surface area contributed by atoms with E-state index in [9.17, 15) is 9.90 Å². The normalized spacial score (nSPS) is 11.9. The van der Waals surface area contributed by atoms with Gasteiger partial charge in [0.25, 0.3) is 5.91 Å². The van der Waals surface area contributed by atoms with Crippen LogP contribution in [0.15, 0.2) is 24.3 Å². The minimum absolute atomic E-state index is 0.0130. The van der Waals surface area contributed by atoms with E-state index in [-0.39, 0.29) is 29.8 Å². The van der Waals surface area contributed by atoms with Crippen LogP contribution in [0.3, 0.4) is 0 Å². The molecule has 128 valence electrons. The maximum absolute atomic E-state index is 12.0. The van der Waals surface area contributed by atoms with Gasteiger partial charge in [0.2, 0.25) is 0 Å². The first-order valence-electron chi connectivity index (χ1n) is 7.22. The summed E-state index contributed by atoms with van der Waals surface area (Å²) in [6.45, 7) is 3.46. The Morgan fingerprint density at radius 2 is 2.08 bits per heavy atom. The molecule has 0 radical (unpaired) electrons. The van der Waals surface area contributed by atoms with Crippen molar-refractivity contribution in [2.75, 3.05) is 13.2 Å². The molecule has 0 bridgehead atoms. The molecule has 24 heavy (non-hydrogen) atoms. The molecule has 1 atom stereocenters. The first kappa shape index (κ1) is 18.4. The standard InChI is InChI=1S/C16H17Cl2N3O3/c1-9-6-13(21-10(2)20-9)16(23)19-7-11(22)8-24-14-5-3-4-12(17)15(14)18/h3-6,11,22H,7-8H2,1-2H3,(H,19,23)/t11-/m0/s1. The summed E-state index contributed by atoms with van der Waals surface area (Å²) in [4.78, 5) is 20.2. The Hall–Kier alpha value is -1.89. The molecule has 1 heterocycles. The lowest BCUT2D eigenvalue weighted by atomic mass is 10.3. The number of aryl methyl sites for hydroxylation is 2. The van der Waals surface area contributed by atoms with E-state index >= 15 is 0 Å². The molecule has 0 aliphatic carbocycles. The van der Waals surface area contributed by atoms with Gasteiger partial charge in [0.05, 0.1) is 5.02 Å². The SMILES string of the molecule is Cc1cc(C(=O)NC[C@H](O)COc2cccc(Cl)c2Cl)nc(C)n1. The number of hydrogen-bond acceptors (Lipinski definition) is 5. The largest absolute Gasteiger partial charge is 0.489 e. The number of nitrogens with one attached hydrogen (secondary N) is 1. The summed E-state index contributed by atoms with van der Waals surface area (Å²) in [5, 5.41) is 13.2. The van der Waals surface area contributed by atoms with Gasteiger partial charge in [0, 0.05) is 12.2 Å². The highest BCUT2D eigenvalue weighted by Crippen LogP contribution is 2.31. The lowest BCUT2D eigenvalue weighted by Crippen LogP contribution is -2.35. The molecule has 0 spiro atoms. The topological polar surface area (TPSA) is 84.3 Å². The van der Waals surface area contributed by atoms with Gasteiger partial charge in [-0.1, -0.05) is 29.3 Å². The van der Waals surface area contributed by atoms with Gasteiger partial charge >= 0.3 is 0 Å². The molecule has 1 aromatic heterocycles. The number of carbonyl (C=O) groups excluding carboxylic acids is 1. The number of carbonyl (C=O) groups is 1. The third kappa shape index (κ3) is 5.06. The number of aromatic nitrogens is 2. The molecule has 1 amide bonds. The van der Waals surface area contributed by atoms with Gasteiger partial charge in [-0.3, -0.25) is 4.79 Å². The third-order valence-corrected chi connectivity index (χ3v) is 3.85. The first-order valence-corrected chi connectivity index (χ1v) is 7.97. The molecule has 8 heteroatoms. The van der Waals surface area contributed by atoms with E-state index in [2.05, 4.69) is 15.3 Å². The quantitative estimate of drug-likeness (QED) is 0.817. The van der Waals surface area contributed by atoms with Gasteiger partial charge in [-0.2, -0.15) is 0 Å². The highest BCUT2D eigenvalue weighted by atomic mass is 35.5. The Bertz CT molecular complexity index is 720. The van der Waals surface area contributed by atoms with Crippen molar-refractivity contribution in [3.8, 4) is 5.75 Å². The van der Waals surface area contributed by atoms with E-state index in [4.69, 9.17) is 27.9 Å². The number of rotatable bonds is 6. The van der Waals surface area contributed by atoms with Crippen LogP contribution in [0.25, 0.3) is 0 Å². The molecule has 0 aliphatic rings. The van der Waals surface area contributed by atoms with Crippen molar-refractivity contribution < 1.29 is 14.6 Å². The third-order valence-electron chi connectivity index (χ3n) is 3.04. The van der Waals surface area contributed by atoms with E-state index in [1.165, 1.54) is 0 Å². The monoisotopic (exact) mass is 369 g/mol. The Morgan fingerprint density at radius 1 is 1.33 bits per heavy atom. The van der Waals surface area contributed by atoms with Crippen molar-refractivity contribution in [1.29, 1.82) is 0 Å². The average Bonchev–Trinajstić information content (AvgIpc) is 2.53. The second kappa shape index (κ2) is 8.28.